The van der Waals surface area contributed by atoms with Crippen LogP contribution in [0.2, 0.25) is 0 Å². The molecule has 150 valence electrons. The Morgan fingerprint density at radius 2 is 1.97 bits per heavy atom. The minimum atomic E-state index is 0.0166. The number of aryl methyl sites for hydroxylation is 1. The van der Waals surface area contributed by atoms with Crippen LogP contribution in [0.4, 0.5) is 0 Å². The van der Waals surface area contributed by atoms with Crippen LogP contribution in [-0.2, 0) is 0 Å². The lowest BCUT2D eigenvalue weighted by Crippen LogP contribution is -2.29. The fourth-order valence-electron chi connectivity index (χ4n) is 4.32. The first-order chi connectivity index (χ1) is 14.0. The van der Waals surface area contributed by atoms with Crippen LogP contribution in [-0.4, -0.2) is 33.2 Å². The molecule has 2 unspecified atom stereocenters. The summed E-state index contributed by atoms with van der Waals surface area (Å²) in [6, 6.07) is 16.6. The van der Waals surface area contributed by atoms with Crippen molar-refractivity contribution in [3.8, 4) is 11.4 Å². The van der Waals surface area contributed by atoms with E-state index in [-0.39, 0.29) is 12.1 Å². The molecule has 0 saturated carbocycles. The van der Waals surface area contributed by atoms with Crippen molar-refractivity contribution >= 4 is 17.3 Å². The third kappa shape index (κ3) is 3.38. The van der Waals surface area contributed by atoms with Gasteiger partial charge in [-0.2, -0.15) is 0 Å². The second-order valence-electron chi connectivity index (χ2n) is 7.28. The van der Waals surface area contributed by atoms with Crippen LogP contribution in [0.5, 0.6) is 5.75 Å². The lowest BCUT2D eigenvalue weighted by Gasteiger charge is -2.27. The van der Waals surface area contributed by atoms with Gasteiger partial charge in [-0.1, -0.05) is 12.1 Å². The van der Waals surface area contributed by atoms with Gasteiger partial charge in [0.15, 0.2) is 5.11 Å². The lowest BCUT2D eigenvalue weighted by atomic mass is 9.97. The first kappa shape index (κ1) is 19.5. The lowest BCUT2D eigenvalue weighted by molar-refractivity contribution is 0.329. The first-order valence-corrected chi connectivity index (χ1v) is 10.3. The van der Waals surface area contributed by atoms with E-state index < -0.39 is 0 Å². The van der Waals surface area contributed by atoms with Gasteiger partial charge in [-0.3, -0.25) is 4.98 Å². The summed E-state index contributed by atoms with van der Waals surface area (Å²) < 4.78 is 7.71. The molecule has 3 heterocycles. The molecule has 0 radical (unpaired) electrons. The van der Waals surface area contributed by atoms with Gasteiger partial charge in [0.25, 0.3) is 0 Å². The SMILES string of the molecule is CCN1C(=S)NC(c2ccccn2)C1c1cc(C)n(-c2cccc(OC)c2)c1C. The second-order valence-corrected chi connectivity index (χ2v) is 7.66. The van der Waals surface area contributed by atoms with Gasteiger partial charge in [0.1, 0.15) is 5.75 Å². The Labute approximate surface area is 177 Å². The average Bonchev–Trinajstić information content (AvgIpc) is 3.23. The van der Waals surface area contributed by atoms with E-state index in [0.29, 0.717) is 0 Å². The highest BCUT2D eigenvalue weighted by atomic mass is 32.1. The van der Waals surface area contributed by atoms with E-state index in [9.17, 15) is 0 Å². The zero-order valence-electron chi connectivity index (χ0n) is 17.2. The van der Waals surface area contributed by atoms with Crippen LogP contribution < -0.4 is 10.1 Å². The zero-order valence-corrected chi connectivity index (χ0v) is 18.0. The number of pyridine rings is 1. The molecule has 1 saturated heterocycles. The van der Waals surface area contributed by atoms with Crippen LogP contribution in [0.15, 0.2) is 54.7 Å². The number of nitrogens with zero attached hydrogens (tertiary/aromatic N) is 3. The minimum absolute atomic E-state index is 0.0166. The van der Waals surface area contributed by atoms with Gasteiger partial charge >= 0.3 is 0 Å². The van der Waals surface area contributed by atoms with Gasteiger partial charge in [-0.25, -0.2) is 0 Å². The molecule has 0 amide bonds. The largest absolute Gasteiger partial charge is 0.497 e. The molecule has 2 atom stereocenters. The number of ether oxygens (including phenoxy) is 1. The van der Waals surface area contributed by atoms with Gasteiger partial charge in [-0.15, -0.1) is 0 Å². The molecule has 0 aliphatic carbocycles. The van der Waals surface area contributed by atoms with Gasteiger partial charge in [0.2, 0.25) is 0 Å². The molecule has 1 aliphatic rings. The van der Waals surface area contributed by atoms with Gasteiger partial charge in [-0.05, 0) is 68.9 Å². The smallest absolute Gasteiger partial charge is 0.170 e. The molecular formula is C23H26N4OS. The van der Waals surface area contributed by atoms with Crippen LogP contribution in [0, 0.1) is 13.8 Å². The molecule has 6 heteroatoms. The van der Waals surface area contributed by atoms with Crippen molar-refractivity contribution in [1.82, 2.24) is 19.8 Å². The summed E-state index contributed by atoms with van der Waals surface area (Å²) in [5, 5.41) is 4.28. The molecule has 3 aromatic rings. The molecule has 1 fully saturated rings. The Morgan fingerprint density at radius 1 is 1.14 bits per heavy atom. The fourth-order valence-corrected chi connectivity index (χ4v) is 4.69. The number of likely N-dealkylation sites (N-methyl/N-ethyl adjacent to an activating group) is 1. The van der Waals surface area contributed by atoms with E-state index in [2.05, 4.69) is 64.8 Å². The Morgan fingerprint density at radius 3 is 2.66 bits per heavy atom. The molecule has 2 aromatic heterocycles. The van der Waals surface area contributed by atoms with Crippen molar-refractivity contribution in [2.24, 2.45) is 0 Å². The monoisotopic (exact) mass is 406 g/mol. The summed E-state index contributed by atoms with van der Waals surface area (Å²) >= 11 is 5.67. The fraction of sp³-hybridized carbons (Fsp3) is 0.304. The number of aromatic nitrogens is 2. The maximum Gasteiger partial charge on any atom is 0.170 e. The normalized spacial score (nSPS) is 18.8. The third-order valence-electron chi connectivity index (χ3n) is 5.64. The van der Waals surface area contributed by atoms with E-state index in [1.54, 1.807) is 7.11 Å². The number of hydrogen-bond donors (Lipinski definition) is 1. The molecule has 1 aromatic carbocycles. The minimum Gasteiger partial charge on any atom is -0.497 e. The molecule has 0 bridgehead atoms. The standard InChI is InChI=1S/C23H26N4OS/c1-5-26-22(21(25-23(26)29)20-11-6-7-12-24-20)19-13-15(2)27(16(19)3)17-9-8-10-18(14-17)28-4/h6-14,21-22H,5H2,1-4H3,(H,25,29). The van der Waals surface area contributed by atoms with Gasteiger partial charge in [0, 0.05) is 35.9 Å². The number of thiocarbonyl (C=S) groups is 1. The van der Waals surface area contributed by atoms with E-state index in [1.807, 2.05) is 30.5 Å². The highest BCUT2D eigenvalue weighted by Gasteiger charge is 2.40. The van der Waals surface area contributed by atoms with Crippen molar-refractivity contribution in [2.45, 2.75) is 32.9 Å². The molecule has 1 aliphatic heterocycles. The van der Waals surface area contributed by atoms with Crippen molar-refractivity contribution in [3.05, 3.63) is 77.4 Å². The predicted octanol–water partition coefficient (Wildman–Crippen LogP) is 4.49. The summed E-state index contributed by atoms with van der Waals surface area (Å²) in [5.74, 6) is 0.849. The number of hydrogen-bond acceptors (Lipinski definition) is 3. The summed E-state index contributed by atoms with van der Waals surface area (Å²) in [6.07, 6.45) is 1.84. The van der Waals surface area contributed by atoms with Crippen molar-refractivity contribution < 1.29 is 4.74 Å². The van der Waals surface area contributed by atoms with Crippen molar-refractivity contribution in [2.75, 3.05) is 13.7 Å². The molecule has 0 spiro atoms. The van der Waals surface area contributed by atoms with Crippen molar-refractivity contribution in [3.63, 3.8) is 0 Å². The molecule has 1 N–H and O–H groups in total. The van der Waals surface area contributed by atoms with E-state index in [1.165, 1.54) is 17.0 Å². The average molecular weight is 407 g/mol. The van der Waals surface area contributed by atoms with E-state index in [0.717, 1.165) is 28.8 Å². The van der Waals surface area contributed by atoms with E-state index >= 15 is 0 Å². The number of nitrogens with one attached hydrogen (secondary N) is 1. The van der Waals surface area contributed by atoms with E-state index in [4.69, 9.17) is 17.0 Å². The quantitative estimate of drug-likeness (QED) is 0.633. The third-order valence-corrected chi connectivity index (χ3v) is 5.99. The first-order valence-electron chi connectivity index (χ1n) is 9.86. The topological polar surface area (TPSA) is 42.3 Å². The summed E-state index contributed by atoms with van der Waals surface area (Å²) in [6.45, 7) is 7.29. The van der Waals surface area contributed by atoms with Crippen LogP contribution in [0.1, 0.15) is 41.7 Å². The summed E-state index contributed by atoms with van der Waals surface area (Å²) in [7, 11) is 1.70. The number of methoxy groups -OCH3 is 1. The zero-order chi connectivity index (χ0) is 20.5. The van der Waals surface area contributed by atoms with Crippen LogP contribution in [0.25, 0.3) is 5.69 Å². The predicted molar refractivity (Wildman–Crippen MR) is 120 cm³/mol. The van der Waals surface area contributed by atoms with Crippen LogP contribution >= 0.6 is 12.2 Å². The molecule has 5 nitrogen and oxygen atoms in total. The number of benzene rings is 1. The maximum atomic E-state index is 5.67. The highest BCUT2D eigenvalue weighted by Crippen LogP contribution is 2.41. The second kappa shape index (κ2) is 7.87. The van der Waals surface area contributed by atoms with Crippen molar-refractivity contribution in [1.29, 1.82) is 0 Å². The Balaban J connectivity index is 1.83. The number of rotatable bonds is 5. The van der Waals surface area contributed by atoms with Gasteiger partial charge < -0.3 is 19.5 Å². The molecule has 29 heavy (non-hydrogen) atoms. The molecule has 4 rings (SSSR count). The summed E-state index contributed by atoms with van der Waals surface area (Å²) in [5.41, 5.74) is 5.74. The maximum absolute atomic E-state index is 5.67. The Bertz CT molecular complexity index is 1030. The summed E-state index contributed by atoms with van der Waals surface area (Å²) in [4.78, 5) is 6.86. The van der Waals surface area contributed by atoms with Crippen LogP contribution in [0.3, 0.4) is 0 Å². The van der Waals surface area contributed by atoms with Gasteiger partial charge in [0.05, 0.1) is 24.9 Å². The Hall–Kier alpha value is -2.86. The Kier molecular flexibility index (Phi) is 5.28. The molecular weight excluding hydrogens is 380 g/mol. The highest BCUT2D eigenvalue weighted by molar-refractivity contribution is 7.80.